The first-order valence-electron chi connectivity index (χ1n) is 5.99. The monoisotopic (exact) mass is 320 g/mol. The van der Waals surface area contributed by atoms with Crippen LogP contribution in [0.3, 0.4) is 0 Å². The zero-order valence-corrected chi connectivity index (χ0v) is 12.6. The van der Waals surface area contributed by atoms with E-state index in [0.717, 1.165) is 28.1 Å². The molecule has 0 atom stereocenters. The molecular weight excluding hydrogens is 304 g/mol. The second kappa shape index (κ2) is 5.97. The van der Waals surface area contributed by atoms with Crippen molar-refractivity contribution in [3.8, 4) is 5.75 Å². The zero-order chi connectivity index (χ0) is 13.8. The molecule has 0 fully saturated rings. The lowest BCUT2D eigenvalue weighted by molar-refractivity contribution is 0.415. The second-order valence-electron chi connectivity index (χ2n) is 4.41. The van der Waals surface area contributed by atoms with Gasteiger partial charge in [-0.2, -0.15) is 0 Å². The Kier molecular flexibility index (Phi) is 4.32. The standard InChI is InChI=1S/C15H17BrN2O/c1-18(10-11-4-3-5-12(16)8-11)15-9-13(19-2)6-7-14(15)17/h3-9H,10,17H2,1-2H3. The maximum Gasteiger partial charge on any atom is 0.121 e. The fourth-order valence-electron chi connectivity index (χ4n) is 1.98. The predicted molar refractivity (Wildman–Crippen MR) is 83.7 cm³/mol. The van der Waals surface area contributed by atoms with E-state index in [0.29, 0.717) is 0 Å². The second-order valence-corrected chi connectivity index (χ2v) is 5.33. The number of hydrogen-bond acceptors (Lipinski definition) is 3. The molecule has 3 nitrogen and oxygen atoms in total. The number of halogens is 1. The summed E-state index contributed by atoms with van der Waals surface area (Å²) in [5, 5.41) is 0. The van der Waals surface area contributed by atoms with Crippen LogP contribution in [-0.2, 0) is 6.54 Å². The summed E-state index contributed by atoms with van der Waals surface area (Å²) < 4.78 is 6.32. The number of nitrogen functional groups attached to an aromatic ring is 1. The van der Waals surface area contributed by atoms with Crippen LogP contribution in [0.25, 0.3) is 0 Å². The van der Waals surface area contributed by atoms with E-state index in [1.807, 2.05) is 37.4 Å². The molecule has 4 heteroatoms. The highest BCUT2D eigenvalue weighted by atomic mass is 79.9. The van der Waals surface area contributed by atoms with Crippen molar-refractivity contribution in [1.29, 1.82) is 0 Å². The minimum absolute atomic E-state index is 0.748. The van der Waals surface area contributed by atoms with Gasteiger partial charge in [-0.1, -0.05) is 28.1 Å². The first-order valence-corrected chi connectivity index (χ1v) is 6.78. The summed E-state index contributed by atoms with van der Waals surface area (Å²) >= 11 is 3.48. The first kappa shape index (κ1) is 13.7. The van der Waals surface area contributed by atoms with E-state index in [1.54, 1.807) is 7.11 Å². The fourth-order valence-corrected chi connectivity index (χ4v) is 2.42. The minimum Gasteiger partial charge on any atom is -0.497 e. The van der Waals surface area contributed by atoms with Crippen LogP contribution in [0.1, 0.15) is 5.56 Å². The highest BCUT2D eigenvalue weighted by Crippen LogP contribution is 2.28. The Labute approximate surface area is 122 Å². The van der Waals surface area contributed by atoms with Crippen LogP contribution in [0.2, 0.25) is 0 Å². The van der Waals surface area contributed by atoms with E-state index >= 15 is 0 Å². The summed E-state index contributed by atoms with van der Waals surface area (Å²) in [5.41, 5.74) is 8.96. The molecule has 0 saturated heterocycles. The lowest BCUT2D eigenvalue weighted by atomic mass is 10.2. The van der Waals surface area contributed by atoms with Gasteiger partial charge >= 0.3 is 0 Å². The number of nitrogens with two attached hydrogens (primary N) is 1. The van der Waals surface area contributed by atoms with Crippen molar-refractivity contribution in [3.63, 3.8) is 0 Å². The molecule has 0 aromatic heterocycles. The van der Waals surface area contributed by atoms with E-state index in [9.17, 15) is 0 Å². The number of ether oxygens (including phenoxy) is 1. The van der Waals surface area contributed by atoms with Crippen molar-refractivity contribution in [2.45, 2.75) is 6.54 Å². The molecule has 0 aliphatic carbocycles. The maximum absolute atomic E-state index is 6.02. The van der Waals surface area contributed by atoms with Crippen LogP contribution >= 0.6 is 15.9 Å². The lowest BCUT2D eigenvalue weighted by Crippen LogP contribution is -2.17. The zero-order valence-electron chi connectivity index (χ0n) is 11.1. The molecule has 0 aliphatic heterocycles. The van der Waals surface area contributed by atoms with Crippen LogP contribution in [0.15, 0.2) is 46.9 Å². The number of methoxy groups -OCH3 is 1. The summed E-state index contributed by atoms with van der Waals surface area (Å²) in [6.45, 7) is 0.788. The molecule has 2 aromatic carbocycles. The molecule has 2 aromatic rings. The van der Waals surface area contributed by atoms with E-state index in [1.165, 1.54) is 5.56 Å². The van der Waals surface area contributed by atoms with Gasteiger partial charge in [-0.15, -0.1) is 0 Å². The number of rotatable bonds is 4. The van der Waals surface area contributed by atoms with E-state index in [4.69, 9.17) is 10.5 Å². The molecule has 0 spiro atoms. The van der Waals surface area contributed by atoms with Crippen LogP contribution in [0.4, 0.5) is 11.4 Å². The Bertz CT molecular complexity index is 572. The van der Waals surface area contributed by atoms with Crippen LogP contribution in [-0.4, -0.2) is 14.2 Å². The van der Waals surface area contributed by atoms with Crippen LogP contribution in [0.5, 0.6) is 5.75 Å². The maximum atomic E-state index is 6.02. The van der Waals surface area contributed by atoms with Crippen molar-refractivity contribution in [2.24, 2.45) is 0 Å². The van der Waals surface area contributed by atoms with Gasteiger partial charge in [0, 0.05) is 24.1 Å². The molecule has 0 heterocycles. The third kappa shape index (κ3) is 3.41. The van der Waals surface area contributed by atoms with Gasteiger partial charge in [0.15, 0.2) is 0 Å². The van der Waals surface area contributed by atoms with E-state index in [2.05, 4.69) is 33.0 Å². The van der Waals surface area contributed by atoms with E-state index in [-0.39, 0.29) is 0 Å². The molecule has 2 N–H and O–H groups in total. The SMILES string of the molecule is COc1ccc(N)c(N(C)Cc2cccc(Br)c2)c1. The van der Waals surface area contributed by atoms with E-state index < -0.39 is 0 Å². The molecule has 2 rings (SSSR count). The largest absolute Gasteiger partial charge is 0.497 e. The average Bonchev–Trinajstić information content (AvgIpc) is 2.39. The molecule has 0 saturated carbocycles. The fraction of sp³-hybridized carbons (Fsp3) is 0.200. The number of hydrogen-bond donors (Lipinski definition) is 1. The topological polar surface area (TPSA) is 38.5 Å². The minimum atomic E-state index is 0.748. The predicted octanol–water partition coefficient (Wildman–Crippen LogP) is 3.68. The molecule has 0 amide bonds. The number of benzene rings is 2. The average molecular weight is 321 g/mol. The Hall–Kier alpha value is -1.68. The van der Waals surface area contributed by atoms with Crippen molar-refractivity contribution in [2.75, 3.05) is 24.8 Å². The summed E-state index contributed by atoms with van der Waals surface area (Å²) in [4.78, 5) is 2.11. The van der Waals surface area contributed by atoms with Crippen molar-refractivity contribution < 1.29 is 4.74 Å². The molecule has 0 radical (unpaired) electrons. The highest BCUT2D eigenvalue weighted by Gasteiger charge is 2.08. The van der Waals surface area contributed by atoms with Crippen molar-refractivity contribution in [3.05, 3.63) is 52.5 Å². The molecule has 0 bridgehead atoms. The molecular formula is C15H17BrN2O. The Morgan fingerprint density at radius 1 is 1.21 bits per heavy atom. The number of nitrogens with zero attached hydrogens (tertiary/aromatic N) is 1. The van der Waals surface area contributed by atoms with Crippen LogP contribution in [0, 0.1) is 0 Å². The van der Waals surface area contributed by atoms with Crippen LogP contribution < -0.4 is 15.4 Å². The van der Waals surface area contributed by atoms with Gasteiger partial charge < -0.3 is 15.4 Å². The Balaban J connectivity index is 2.22. The Morgan fingerprint density at radius 3 is 2.68 bits per heavy atom. The van der Waals surface area contributed by atoms with Gasteiger partial charge in [-0.25, -0.2) is 0 Å². The van der Waals surface area contributed by atoms with Crippen molar-refractivity contribution >= 4 is 27.3 Å². The summed E-state index contributed by atoms with van der Waals surface area (Å²) in [6, 6.07) is 13.9. The number of anilines is 2. The first-order chi connectivity index (χ1) is 9.10. The molecule has 0 unspecified atom stereocenters. The third-order valence-corrected chi connectivity index (χ3v) is 3.45. The lowest BCUT2D eigenvalue weighted by Gasteiger charge is -2.22. The summed E-state index contributed by atoms with van der Waals surface area (Å²) in [5.74, 6) is 0.810. The van der Waals surface area contributed by atoms with Gasteiger partial charge in [-0.05, 0) is 29.8 Å². The normalized spacial score (nSPS) is 10.3. The molecule has 100 valence electrons. The van der Waals surface area contributed by atoms with Crippen molar-refractivity contribution in [1.82, 2.24) is 0 Å². The highest BCUT2D eigenvalue weighted by molar-refractivity contribution is 9.10. The smallest absolute Gasteiger partial charge is 0.121 e. The summed E-state index contributed by atoms with van der Waals surface area (Å²) in [7, 11) is 3.68. The third-order valence-electron chi connectivity index (χ3n) is 2.96. The van der Waals surface area contributed by atoms with Gasteiger partial charge in [-0.3, -0.25) is 0 Å². The molecule has 0 aliphatic rings. The van der Waals surface area contributed by atoms with Gasteiger partial charge in [0.1, 0.15) is 5.75 Å². The quantitative estimate of drug-likeness (QED) is 0.873. The Morgan fingerprint density at radius 2 is 2.00 bits per heavy atom. The van der Waals surface area contributed by atoms with Gasteiger partial charge in [0.2, 0.25) is 0 Å². The van der Waals surface area contributed by atoms with Gasteiger partial charge in [0.05, 0.1) is 18.5 Å². The molecule has 19 heavy (non-hydrogen) atoms. The summed E-state index contributed by atoms with van der Waals surface area (Å²) in [6.07, 6.45) is 0. The van der Waals surface area contributed by atoms with Gasteiger partial charge in [0.25, 0.3) is 0 Å².